The van der Waals surface area contributed by atoms with Gasteiger partial charge in [-0.2, -0.15) is 0 Å². The number of aldehydes is 1. The lowest BCUT2D eigenvalue weighted by molar-refractivity contribution is -0.274. The predicted octanol–water partition coefficient (Wildman–Crippen LogP) is 4.10. The number of methoxy groups -OCH3 is 1. The standard InChI is InChI=1S/C20H23F3N2O3/c1-25(13-15-6-4-3-5-7-15)9-8-16(14-26)24-17-10-18(27-2)12-19(11-17)28-20(21,22)23/h3-7,10-12,14,16,24H,8-9,13H2,1-2H3. The number of hydrogen-bond donors (Lipinski definition) is 1. The van der Waals surface area contributed by atoms with Gasteiger partial charge < -0.3 is 24.5 Å². The van der Waals surface area contributed by atoms with Crippen LogP contribution in [0.2, 0.25) is 0 Å². The molecule has 28 heavy (non-hydrogen) atoms. The van der Waals surface area contributed by atoms with Gasteiger partial charge in [0.2, 0.25) is 0 Å². The average Bonchev–Trinajstić information content (AvgIpc) is 2.64. The van der Waals surface area contributed by atoms with Gasteiger partial charge in [0.1, 0.15) is 17.8 Å². The molecule has 0 aliphatic carbocycles. The smallest absolute Gasteiger partial charge is 0.497 e. The summed E-state index contributed by atoms with van der Waals surface area (Å²) in [5.41, 5.74) is 1.46. The Kier molecular flexibility index (Phi) is 7.69. The van der Waals surface area contributed by atoms with Crippen LogP contribution in [0.25, 0.3) is 0 Å². The van der Waals surface area contributed by atoms with Crippen LogP contribution in [0.15, 0.2) is 48.5 Å². The third kappa shape index (κ3) is 7.48. The van der Waals surface area contributed by atoms with Gasteiger partial charge in [0, 0.05) is 37.0 Å². The maximum atomic E-state index is 12.5. The second kappa shape index (κ2) is 9.98. The Morgan fingerprint density at radius 3 is 2.43 bits per heavy atom. The molecular formula is C20H23F3N2O3. The van der Waals surface area contributed by atoms with E-state index in [2.05, 4.69) is 15.0 Å². The molecule has 8 heteroatoms. The van der Waals surface area contributed by atoms with Gasteiger partial charge in [0.05, 0.1) is 13.2 Å². The molecule has 0 aromatic heterocycles. The Bertz CT molecular complexity index is 754. The SMILES string of the molecule is COc1cc(NC(C=O)CCN(C)Cc2ccccc2)cc(OC(F)(F)F)c1. The topological polar surface area (TPSA) is 50.8 Å². The number of benzene rings is 2. The van der Waals surface area contributed by atoms with E-state index in [0.717, 1.165) is 24.5 Å². The van der Waals surface area contributed by atoms with Crippen LogP contribution in [0.1, 0.15) is 12.0 Å². The molecule has 0 saturated carbocycles. The number of alkyl halides is 3. The first-order valence-corrected chi connectivity index (χ1v) is 8.68. The first-order valence-electron chi connectivity index (χ1n) is 8.68. The molecule has 1 atom stereocenters. The largest absolute Gasteiger partial charge is 0.573 e. The number of carbonyl (C=O) groups excluding carboxylic acids is 1. The maximum Gasteiger partial charge on any atom is 0.573 e. The van der Waals surface area contributed by atoms with E-state index in [9.17, 15) is 18.0 Å². The Labute approximate surface area is 162 Å². The minimum atomic E-state index is -4.81. The van der Waals surface area contributed by atoms with E-state index in [1.54, 1.807) is 0 Å². The lowest BCUT2D eigenvalue weighted by Gasteiger charge is -2.21. The number of anilines is 1. The molecule has 152 valence electrons. The Morgan fingerprint density at radius 1 is 1.14 bits per heavy atom. The monoisotopic (exact) mass is 396 g/mol. The third-order valence-electron chi connectivity index (χ3n) is 3.98. The number of nitrogens with one attached hydrogen (secondary N) is 1. The quantitative estimate of drug-likeness (QED) is 0.613. The maximum absolute atomic E-state index is 12.5. The van der Waals surface area contributed by atoms with E-state index >= 15 is 0 Å². The number of nitrogens with zero attached hydrogens (tertiary/aromatic N) is 1. The molecule has 0 aliphatic rings. The van der Waals surface area contributed by atoms with Crippen LogP contribution in [-0.2, 0) is 11.3 Å². The van der Waals surface area contributed by atoms with Crippen LogP contribution in [0.3, 0.4) is 0 Å². The molecule has 2 aromatic rings. The first kappa shape index (κ1) is 21.6. The molecule has 0 radical (unpaired) electrons. The molecule has 2 rings (SSSR count). The summed E-state index contributed by atoms with van der Waals surface area (Å²) in [6.07, 6.45) is -3.59. The Morgan fingerprint density at radius 2 is 1.82 bits per heavy atom. The molecule has 0 amide bonds. The highest BCUT2D eigenvalue weighted by atomic mass is 19.4. The molecule has 0 spiro atoms. The fourth-order valence-electron chi connectivity index (χ4n) is 2.69. The summed E-state index contributed by atoms with van der Waals surface area (Å²) < 4.78 is 46.4. The molecule has 0 aliphatic heterocycles. The van der Waals surface area contributed by atoms with Crippen LogP contribution >= 0.6 is 0 Å². The van der Waals surface area contributed by atoms with Crippen molar-refractivity contribution in [1.29, 1.82) is 0 Å². The molecule has 1 unspecified atom stereocenters. The van der Waals surface area contributed by atoms with Gasteiger partial charge in [0.25, 0.3) is 0 Å². The molecule has 0 fully saturated rings. The summed E-state index contributed by atoms with van der Waals surface area (Å²) in [6.45, 7) is 1.36. The molecule has 5 nitrogen and oxygen atoms in total. The summed E-state index contributed by atoms with van der Waals surface area (Å²) in [7, 11) is 3.28. The molecular weight excluding hydrogens is 373 g/mol. The first-order chi connectivity index (χ1) is 13.3. The Hall–Kier alpha value is -2.74. The zero-order valence-corrected chi connectivity index (χ0v) is 15.7. The summed E-state index contributed by atoms with van der Waals surface area (Å²) in [5.74, 6) is -0.227. The number of carbonyl (C=O) groups is 1. The van der Waals surface area contributed by atoms with Crippen molar-refractivity contribution in [2.45, 2.75) is 25.4 Å². The van der Waals surface area contributed by atoms with E-state index in [1.165, 1.54) is 19.2 Å². The van der Waals surface area contributed by atoms with Crippen LogP contribution in [0.4, 0.5) is 18.9 Å². The van der Waals surface area contributed by atoms with Crippen LogP contribution in [-0.4, -0.2) is 44.3 Å². The van der Waals surface area contributed by atoms with Crippen molar-refractivity contribution in [3.8, 4) is 11.5 Å². The molecule has 2 aromatic carbocycles. The number of ether oxygens (including phenoxy) is 2. The highest BCUT2D eigenvalue weighted by molar-refractivity contribution is 5.66. The van der Waals surface area contributed by atoms with Crippen LogP contribution < -0.4 is 14.8 Å². The summed E-state index contributed by atoms with van der Waals surface area (Å²) in [4.78, 5) is 13.5. The van der Waals surface area contributed by atoms with Crippen molar-refractivity contribution in [3.05, 3.63) is 54.1 Å². The average molecular weight is 396 g/mol. The van der Waals surface area contributed by atoms with Gasteiger partial charge in [-0.05, 0) is 19.0 Å². The van der Waals surface area contributed by atoms with Gasteiger partial charge in [-0.25, -0.2) is 0 Å². The van der Waals surface area contributed by atoms with Gasteiger partial charge >= 0.3 is 6.36 Å². The van der Waals surface area contributed by atoms with Crippen molar-refractivity contribution in [2.75, 3.05) is 26.0 Å². The molecule has 1 N–H and O–H groups in total. The van der Waals surface area contributed by atoms with E-state index in [-0.39, 0.29) is 5.75 Å². The third-order valence-corrected chi connectivity index (χ3v) is 3.98. The van der Waals surface area contributed by atoms with Gasteiger partial charge in [-0.15, -0.1) is 13.2 Å². The normalized spacial score (nSPS) is 12.5. The lowest BCUT2D eigenvalue weighted by atomic mass is 10.1. The number of rotatable bonds is 10. The van der Waals surface area contributed by atoms with Crippen molar-refractivity contribution in [3.63, 3.8) is 0 Å². The fourth-order valence-corrected chi connectivity index (χ4v) is 2.69. The van der Waals surface area contributed by atoms with Crippen molar-refractivity contribution in [1.82, 2.24) is 4.90 Å². The van der Waals surface area contributed by atoms with E-state index in [4.69, 9.17) is 4.74 Å². The molecule has 0 saturated heterocycles. The van der Waals surface area contributed by atoms with E-state index in [0.29, 0.717) is 18.7 Å². The predicted molar refractivity (Wildman–Crippen MR) is 101 cm³/mol. The minimum Gasteiger partial charge on any atom is -0.497 e. The van der Waals surface area contributed by atoms with Gasteiger partial charge in [-0.1, -0.05) is 30.3 Å². The van der Waals surface area contributed by atoms with Crippen molar-refractivity contribution in [2.24, 2.45) is 0 Å². The summed E-state index contributed by atoms with van der Waals surface area (Å²) >= 11 is 0. The highest BCUT2D eigenvalue weighted by Crippen LogP contribution is 2.30. The second-order valence-corrected chi connectivity index (χ2v) is 6.34. The van der Waals surface area contributed by atoms with E-state index < -0.39 is 18.2 Å². The Balaban J connectivity index is 1.97. The minimum absolute atomic E-state index is 0.190. The second-order valence-electron chi connectivity index (χ2n) is 6.34. The zero-order valence-electron chi connectivity index (χ0n) is 15.7. The summed E-state index contributed by atoms with van der Waals surface area (Å²) in [6, 6.07) is 13.2. The van der Waals surface area contributed by atoms with E-state index in [1.807, 2.05) is 37.4 Å². The van der Waals surface area contributed by atoms with Crippen LogP contribution in [0.5, 0.6) is 11.5 Å². The van der Waals surface area contributed by atoms with Gasteiger partial charge in [-0.3, -0.25) is 0 Å². The number of halogens is 3. The fraction of sp³-hybridized carbons (Fsp3) is 0.350. The number of hydrogen-bond acceptors (Lipinski definition) is 5. The van der Waals surface area contributed by atoms with Crippen LogP contribution in [0, 0.1) is 0 Å². The van der Waals surface area contributed by atoms with Crippen molar-refractivity contribution < 1.29 is 27.4 Å². The highest BCUT2D eigenvalue weighted by Gasteiger charge is 2.31. The molecule has 0 heterocycles. The lowest BCUT2D eigenvalue weighted by Crippen LogP contribution is -2.28. The van der Waals surface area contributed by atoms with Crippen molar-refractivity contribution >= 4 is 12.0 Å². The molecule has 0 bridgehead atoms. The summed E-state index contributed by atoms with van der Waals surface area (Å²) in [5, 5.41) is 2.93. The van der Waals surface area contributed by atoms with Gasteiger partial charge in [0.15, 0.2) is 0 Å². The zero-order chi connectivity index (χ0) is 20.6.